The molecule has 1 atom stereocenters. The number of carbonyl (C=O) groups excluding carboxylic acids is 1. The molecule has 1 amide bonds. The second-order valence-corrected chi connectivity index (χ2v) is 10.7. The van der Waals surface area contributed by atoms with Gasteiger partial charge in [0.15, 0.2) is 19.7 Å². The molecule has 1 unspecified atom stereocenters. The van der Waals surface area contributed by atoms with Crippen molar-refractivity contribution in [1.29, 1.82) is 5.26 Å². The van der Waals surface area contributed by atoms with Gasteiger partial charge >= 0.3 is 0 Å². The normalized spacial score (nSPS) is 20.3. The highest BCUT2D eigenvalue weighted by Crippen LogP contribution is 2.25. The molecule has 9 heteroatoms. The summed E-state index contributed by atoms with van der Waals surface area (Å²) in [6.07, 6.45) is 0.0866. The molecule has 2 rings (SSSR count). The summed E-state index contributed by atoms with van der Waals surface area (Å²) in [4.78, 5) is 12.0. The lowest BCUT2D eigenvalue weighted by Gasteiger charge is -2.17. The summed E-state index contributed by atoms with van der Waals surface area (Å²) in [7, 11) is -7.06. The van der Waals surface area contributed by atoms with Gasteiger partial charge in [-0.15, -0.1) is 0 Å². The second-order valence-electron chi connectivity index (χ2n) is 6.29. The molecule has 1 heterocycles. The molecule has 1 N–H and O–H groups in total. The highest BCUT2D eigenvalue weighted by atomic mass is 32.2. The number of nitrogens with zero attached hydrogens (tertiary/aromatic N) is 1. The van der Waals surface area contributed by atoms with Crippen LogP contribution in [0, 0.1) is 11.3 Å². The summed E-state index contributed by atoms with van der Waals surface area (Å²) in [5.41, 5.74) is -0.823. The number of nitrogens with one attached hydrogen (secondary N) is 1. The van der Waals surface area contributed by atoms with Gasteiger partial charge in [0.1, 0.15) is 5.54 Å². The zero-order valence-corrected chi connectivity index (χ0v) is 14.9. The molecule has 0 radical (unpaired) electrons. The molecular weight excluding hydrogens is 352 g/mol. The lowest BCUT2D eigenvalue weighted by Crippen LogP contribution is -2.42. The van der Waals surface area contributed by atoms with Gasteiger partial charge in [-0.05, 0) is 44.5 Å². The van der Waals surface area contributed by atoms with Crippen LogP contribution in [-0.4, -0.2) is 45.0 Å². The third kappa shape index (κ3) is 3.94. The van der Waals surface area contributed by atoms with Crippen LogP contribution < -0.4 is 5.32 Å². The predicted molar refractivity (Wildman–Crippen MR) is 87.8 cm³/mol. The van der Waals surface area contributed by atoms with Crippen LogP contribution in [0.5, 0.6) is 0 Å². The van der Waals surface area contributed by atoms with Crippen LogP contribution in [0.3, 0.4) is 0 Å². The van der Waals surface area contributed by atoms with E-state index < -0.39 is 36.4 Å². The summed E-state index contributed by atoms with van der Waals surface area (Å²) < 4.78 is 47.9. The summed E-state index contributed by atoms with van der Waals surface area (Å²) in [6.45, 7) is 3.09. The van der Waals surface area contributed by atoms with E-state index in [0.29, 0.717) is 0 Å². The predicted octanol–water partition coefficient (Wildman–Crippen LogP) is 0.679. The van der Waals surface area contributed by atoms with Crippen LogP contribution in [0.2, 0.25) is 0 Å². The van der Waals surface area contributed by atoms with Gasteiger partial charge < -0.3 is 5.32 Å². The van der Waals surface area contributed by atoms with Crippen molar-refractivity contribution in [3.05, 3.63) is 29.8 Å². The molecule has 1 fully saturated rings. The Hall–Kier alpha value is -1.92. The third-order valence-corrected chi connectivity index (χ3v) is 7.97. The molecular formula is C15H18N2O5S2. The Labute approximate surface area is 141 Å². The first kappa shape index (κ1) is 18.4. The molecule has 0 bridgehead atoms. The Morgan fingerprint density at radius 1 is 1.29 bits per heavy atom. The number of rotatable bonds is 4. The fraction of sp³-hybridized carbons (Fsp3) is 0.467. The van der Waals surface area contributed by atoms with Gasteiger partial charge in [0.05, 0.1) is 27.7 Å². The number of hydrogen-bond acceptors (Lipinski definition) is 6. The van der Waals surface area contributed by atoms with Gasteiger partial charge in [0.2, 0.25) is 0 Å². The van der Waals surface area contributed by atoms with Gasteiger partial charge in [-0.3, -0.25) is 4.79 Å². The highest BCUT2D eigenvalue weighted by molar-refractivity contribution is 7.96. The zero-order valence-electron chi connectivity index (χ0n) is 13.3. The van der Waals surface area contributed by atoms with Crippen LogP contribution in [-0.2, 0) is 19.7 Å². The van der Waals surface area contributed by atoms with Crippen LogP contribution >= 0.6 is 0 Å². The number of nitriles is 1. The Bertz CT molecular complexity index is 894. The standard InChI is InChI=1S/C15H18N2O5S2/c1-15(2,10-16)17-14(18)11-3-5-12(6-4-11)24(21,22)13-7-8-23(19,20)9-13/h3-6,13H,7-9H2,1-2H3,(H,17,18). The Morgan fingerprint density at radius 3 is 2.33 bits per heavy atom. The van der Waals surface area contributed by atoms with E-state index in [1.165, 1.54) is 24.3 Å². The maximum absolute atomic E-state index is 12.5. The van der Waals surface area contributed by atoms with Crippen molar-refractivity contribution in [2.24, 2.45) is 0 Å². The molecule has 1 aliphatic heterocycles. The fourth-order valence-corrected chi connectivity index (χ4v) is 6.74. The van der Waals surface area contributed by atoms with Crippen molar-refractivity contribution >= 4 is 25.6 Å². The first-order valence-electron chi connectivity index (χ1n) is 7.25. The maximum Gasteiger partial charge on any atom is 0.252 e. The average molecular weight is 370 g/mol. The van der Waals surface area contributed by atoms with Crippen molar-refractivity contribution in [2.75, 3.05) is 11.5 Å². The van der Waals surface area contributed by atoms with E-state index >= 15 is 0 Å². The highest BCUT2D eigenvalue weighted by Gasteiger charge is 2.38. The number of sulfone groups is 2. The number of benzene rings is 1. The molecule has 1 saturated heterocycles. The summed E-state index contributed by atoms with van der Waals surface area (Å²) in [5.74, 6) is -0.983. The quantitative estimate of drug-likeness (QED) is 0.832. The second kappa shape index (κ2) is 6.18. The van der Waals surface area contributed by atoms with Gasteiger partial charge in [-0.1, -0.05) is 0 Å². The molecule has 0 aromatic heterocycles. The zero-order chi connectivity index (χ0) is 18.2. The summed E-state index contributed by atoms with van der Waals surface area (Å²) in [5, 5.41) is 10.5. The van der Waals surface area contributed by atoms with Crippen molar-refractivity contribution in [1.82, 2.24) is 5.32 Å². The minimum absolute atomic E-state index is 0.0132. The third-order valence-electron chi connectivity index (χ3n) is 3.78. The van der Waals surface area contributed by atoms with Crippen molar-refractivity contribution < 1.29 is 21.6 Å². The minimum atomic E-state index is -3.76. The number of amides is 1. The van der Waals surface area contributed by atoms with Crippen LogP contribution in [0.15, 0.2) is 29.2 Å². The van der Waals surface area contributed by atoms with Crippen molar-refractivity contribution in [3.63, 3.8) is 0 Å². The Kier molecular flexibility index (Phi) is 4.74. The van der Waals surface area contributed by atoms with E-state index in [9.17, 15) is 21.6 Å². The molecule has 1 aliphatic rings. The molecule has 0 saturated carbocycles. The molecule has 0 aliphatic carbocycles. The maximum atomic E-state index is 12.5. The molecule has 1 aromatic carbocycles. The molecule has 130 valence electrons. The van der Waals surface area contributed by atoms with Gasteiger partial charge in [-0.2, -0.15) is 5.26 Å². The number of carbonyl (C=O) groups is 1. The fourth-order valence-electron chi connectivity index (χ4n) is 2.38. The molecule has 0 spiro atoms. The van der Waals surface area contributed by atoms with E-state index in [2.05, 4.69) is 5.32 Å². The Morgan fingerprint density at radius 2 is 1.88 bits per heavy atom. The largest absolute Gasteiger partial charge is 0.334 e. The van der Waals surface area contributed by atoms with Gasteiger partial charge in [0.25, 0.3) is 5.91 Å². The SMILES string of the molecule is CC(C)(C#N)NC(=O)c1ccc(S(=O)(=O)C2CCS(=O)(=O)C2)cc1. The summed E-state index contributed by atoms with van der Waals surface area (Å²) >= 11 is 0. The average Bonchev–Trinajstić information content (AvgIpc) is 2.88. The van der Waals surface area contributed by atoms with Gasteiger partial charge in [0, 0.05) is 5.56 Å². The van der Waals surface area contributed by atoms with Crippen LogP contribution in [0.4, 0.5) is 0 Å². The molecule has 7 nitrogen and oxygen atoms in total. The van der Waals surface area contributed by atoms with Crippen molar-refractivity contribution in [3.8, 4) is 6.07 Å². The molecule has 1 aromatic rings. The topological polar surface area (TPSA) is 121 Å². The lowest BCUT2D eigenvalue weighted by atomic mass is 10.1. The van der Waals surface area contributed by atoms with Crippen molar-refractivity contribution in [2.45, 2.75) is 36.0 Å². The van der Waals surface area contributed by atoms with Crippen LogP contribution in [0.25, 0.3) is 0 Å². The van der Waals surface area contributed by atoms with Crippen LogP contribution in [0.1, 0.15) is 30.6 Å². The van der Waals surface area contributed by atoms with E-state index in [1.54, 1.807) is 13.8 Å². The van der Waals surface area contributed by atoms with E-state index in [4.69, 9.17) is 5.26 Å². The smallest absolute Gasteiger partial charge is 0.252 e. The van der Waals surface area contributed by atoms with E-state index in [1.807, 2.05) is 6.07 Å². The first-order valence-corrected chi connectivity index (χ1v) is 10.6. The first-order chi connectivity index (χ1) is 11.0. The number of hydrogen-bond donors (Lipinski definition) is 1. The van der Waals surface area contributed by atoms with Gasteiger partial charge in [-0.25, -0.2) is 16.8 Å². The monoisotopic (exact) mass is 370 g/mol. The van der Waals surface area contributed by atoms with E-state index in [0.717, 1.165) is 0 Å². The Balaban J connectivity index is 2.21. The summed E-state index contributed by atoms with van der Waals surface area (Å²) in [6, 6.07) is 7.20. The minimum Gasteiger partial charge on any atom is -0.334 e. The van der Waals surface area contributed by atoms with E-state index in [-0.39, 0.29) is 28.4 Å². The lowest BCUT2D eigenvalue weighted by molar-refractivity contribution is 0.0929. The molecule has 24 heavy (non-hydrogen) atoms.